The van der Waals surface area contributed by atoms with Gasteiger partial charge >= 0.3 is 11.9 Å². The molecule has 0 heterocycles. The van der Waals surface area contributed by atoms with Gasteiger partial charge in [-0.05, 0) is 75.0 Å². The van der Waals surface area contributed by atoms with E-state index in [0.29, 0.717) is 44.9 Å². The van der Waals surface area contributed by atoms with Crippen molar-refractivity contribution in [3.63, 3.8) is 0 Å². The summed E-state index contributed by atoms with van der Waals surface area (Å²) in [6.45, 7) is 3.82. The van der Waals surface area contributed by atoms with E-state index in [9.17, 15) is 66.9 Å². The Labute approximate surface area is 467 Å². The number of nitrogens with two attached hydrogens (primary N) is 1. The molecule has 0 saturated carbocycles. The van der Waals surface area contributed by atoms with Gasteiger partial charge in [0.1, 0.15) is 23.9 Å². The van der Waals surface area contributed by atoms with Crippen molar-refractivity contribution < 1.29 is 80.9 Å². The largest absolute Gasteiger partial charge is 0.508 e. The summed E-state index contributed by atoms with van der Waals surface area (Å²) in [5, 5.41) is 40.2. The standard InChI is InChI=1S/C56H93N5O17S/c1-41(2)34-47(64)38-60-49(51(66)39-61-50(54(57)69)35-42-20-24-45(62)25-21-42)19-15-16-28-58-52(67)26-23-44(56(72)73)37-48(65)40-78-32-31-77-30-29-59-53(68)27-22-43(55(70)71)36-46(63)18-14-12-10-8-6-4-3-5-7-9-11-13-17-33-79(74,75)76/h20-21,24-25,41,43-44,49-50,60-62H,3-19,22-23,26-40H2,1-2H3,(H2,57,69)(H,58,67)(H,59,68)(H,70,71)(H,72,73)(H,74,75,76)/t43-,44-,49+,50+/m1/s1. The molecule has 3 amide bonds. The van der Waals surface area contributed by atoms with Gasteiger partial charge < -0.3 is 46.5 Å². The number of carbonyl (C=O) groups is 9. The summed E-state index contributed by atoms with van der Waals surface area (Å²) in [7, 11) is -3.86. The molecule has 0 spiro atoms. The summed E-state index contributed by atoms with van der Waals surface area (Å²) in [5.41, 5.74) is 6.31. The molecular weight excluding hydrogens is 1050 g/mol. The average molecular weight is 1140 g/mol. The topological polar surface area (TPSA) is 361 Å². The maximum atomic E-state index is 13.3. The summed E-state index contributed by atoms with van der Waals surface area (Å²) in [4.78, 5) is 112. The van der Waals surface area contributed by atoms with Gasteiger partial charge in [0.15, 0.2) is 11.6 Å². The minimum atomic E-state index is -3.86. The number of unbranched alkanes of at least 4 members (excludes halogenated alkanes) is 13. The van der Waals surface area contributed by atoms with Crippen molar-refractivity contribution in [1.82, 2.24) is 21.3 Å². The first kappa shape index (κ1) is 71.8. The molecule has 0 fully saturated rings. The number of ketones is 4. The third-order valence-electron chi connectivity index (χ3n) is 13.2. The quantitative estimate of drug-likeness (QED) is 0.0299. The summed E-state index contributed by atoms with van der Waals surface area (Å²) < 4.78 is 41.0. The molecule has 1 rings (SSSR count). The SMILES string of the molecule is CC(C)CC(=O)CN[C@@H](CCCCNC(=O)CC[C@H](CC(=O)COCCOCCNC(=O)CC[C@H](CC(=O)CCCCCCCCCCCCCCCS(=O)(=O)O)C(=O)O)C(=O)O)C(=O)CN[C@@H](Cc1ccc(O)cc1)C(N)=O. The summed E-state index contributed by atoms with van der Waals surface area (Å²) in [6, 6.07) is 4.66. The molecule has 0 saturated heterocycles. The maximum absolute atomic E-state index is 13.3. The summed E-state index contributed by atoms with van der Waals surface area (Å²) in [5.74, 6) is -6.80. The van der Waals surface area contributed by atoms with E-state index in [0.717, 1.165) is 76.2 Å². The number of phenolic OH excluding ortho intramolecular Hbond substituents is 1. The Morgan fingerprint density at radius 3 is 1.59 bits per heavy atom. The van der Waals surface area contributed by atoms with E-state index in [4.69, 9.17) is 19.8 Å². The second-order valence-corrected chi connectivity index (χ2v) is 22.4. The number of carboxylic acid groups (broad SMARTS) is 2. The lowest BCUT2D eigenvalue weighted by Gasteiger charge is -2.20. The second-order valence-electron chi connectivity index (χ2n) is 20.9. The van der Waals surface area contributed by atoms with E-state index in [1.165, 1.54) is 12.1 Å². The molecule has 0 radical (unpaired) electrons. The number of aromatic hydroxyl groups is 1. The molecule has 1 aromatic carbocycles. The number of phenols is 1. The van der Waals surface area contributed by atoms with Crippen LogP contribution in [0.25, 0.3) is 0 Å². The molecule has 0 aliphatic heterocycles. The van der Waals surface area contributed by atoms with Gasteiger partial charge in [-0.25, -0.2) is 0 Å². The van der Waals surface area contributed by atoms with E-state index < -0.39 is 63.6 Å². The van der Waals surface area contributed by atoms with Crippen LogP contribution in [0.15, 0.2) is 24.3 Å². The number of nitrogens with one attached hydrogen (secondary N) is 4. The Hall–Kier alpha value is -5.20. The number of ether oxygens (including phenoxy) is 2. The molecule has 0 aliphatic carbocycles. The van der Waals surface area contributed by atoms with Crippen LogP contribution in [0.4, 0.5) is 0 Å². The van der Waals surface area contributed by atoms with Crippen molar-refractivity contribution in [3.05, 3.63) is 29.8 Å². The monoisotopic (exact) mass is 1140 g/mol. The van der Waals surface area contributed by atoms with Gasteiger partial charge in [0.25, 0.3) is 10.1 Å². The van der Waals surface area contributed by atoms with Crippen LogP contribution in [0.2, 0.25) is 0 Å². The van der Waals surface area contributed by atoms with Crippen molar-refractivity contribution >= 4 is 62.9 Å². The highest BCUT2D eigenvalue weighted by atomic mass is 32.2. The third kappa shape index (κ3) is 40.6. The third-order valence-corrected chi connectivity index (χ3v) is 14.0. The zero-order valence-corrected chi connectivity index (χ0v) is 47.6. The van der Waals surface area contributed by atoms with E-state index in [2.05, 4.69) is 21.3 Å². The number of carbonyl (C=O) groups excluding carboxylic acids is 7. The van der Waals surface area contributed by atoms with Gasteiger partial charge in [0.2, 0.25) is 17.7 Å². The normalized spacial score (nSPS) is 13.1. The van der Waals surface area contributed by atoms with Crippen LogP contribution in [-0.4, -0.2) is 152 Å². The minimum absolute atomic E-state index is 0.0142. The van der Waals surface area contributed by atoms with Crippen molar-refractivity contribution in [3.8, 4) is 5.75 Å². The zero-order chi connectivity index (χ0) is 58.9. The molecule has 79 heavy (non-hydrogen) atoms. The summed E-state index contributed by atoms with van der Waals surface area (Å²) >= 11 is 0. The molecule has 0 unspecified atom stereocenters. The van der Waals surface area contributed by atoms with Gasteiger partial charge in [-0.15, -0.1) is 0 Å². The molecule has 4 atom stereocenters. The minimum Gasteiger partial charge on any atom is -0.508 e. The Balaban J connectivity index is 2.25. The molecule has 450 valence electrons. The van der Waals surface area contributed by atoms with Gasteiger partial charge in [0.05, 0.1) is 62.6 Å². The average Bonchev–Trinajstić information content (AvgIpc) is 3.37. The van der Waals surface area contributed by atoms with E-state index in [-0.39, 0.29) is 138 Å². The van der Waals surface area contributed by atoms with Crippen LogP contribution in [0.1, 0.15) is 174 Å². The number of benzene rings is 1. The number of rotatable bonds is 53. The lowest BCUT2D eigenvalue weighted by molar-refractivity contribution is -0.145. The number of amides is 3. The Bertz CT molecular complexity index is 2090. The Morgan fingerprint density at radius 2 is 1.06 bits per heavy atom. The number of primary amides is 1. The number of aliphatic carboxylic acids is 2. The Kier molecular flexibility index (Phi) is 39.6. The lowest BCUT2D eigenvalue weighted by Crippen LogP contribution is -2.49. The first-order chi connectivity index (χ1) is 37.6. The second kappa shape index (κ2) is 43.6. The van der Waals surface area contributed by atoms with Crippen molar-refractivity contribution in [2.45, 2.75) is 186 Å². The van der Waals surface area contributed by atoms with Crippen LogP contribution >= 0.6 is 0 Å². The van der Waals surface area contributed by atoms with Crippen LogP contribution in [0.5, 0.6) is 5.75 Å². The van der Waals surface area contributed by atoms with E-state index >= 15 is 0 Å². The van der Waals surface area contributed by atoms with Crippen LogP contribution in [-0.2, 0) is 69.2 Å². The molecule has 0 aromatic heterocycles. The lowest BCUT2D eigenvalue weighted by atomic mass is 9.94. The number of hydrogen-bond acceptors (Lipinski definition) is 16. The van der Waals surface area contributed by atoms with E-state index in [1.54, 1.807) is 12.1 Å². The predicted molar refractivity (Wildman–Crippen MR) is 297 cm³/mol. The predicted octanol–water partition coefficient (Wildman–Crippen LogP) is 5.19. The van der Waals surface area contributed by atoms with Crippen molar-refractivity contribution in [2.75, 3.05) is 58.4 Å². The van der Waals surface area contributed by atoms with Crippen molar-refractivity contribution in [1.29, 1.82) is 0 Å². The van der Waals surface area contributed by atoms with Gasteiger partial charge in [-0.3, -0.25) is 53.0 Å². The first-order valence-electron chi connectivity index (χ1n) is 28.3. The van der Waals surface area contributed by atoms with Crippen LogP contribution in [0, 0.1) is 17.8 Å². The fourth-order valence-electron chi connectivity index (χ4n) is 8.67. The molecule has 23 heteroatoms. The smallest absolute Gasteiger partial charge is 0.306 e. The van der Waals surface area contributed by atoms with Crippen LogP contribution < -0.4 is 27.0 Å². The first-order valence-corrected chi connectivity index (χ1v) is 29.9. The molecule has 1 aromatic rings. The summed E-state index contributed by atoms with van der Waals surface area (Å²) in [6.07, 6.45) is 14.0. The number of Topliss-reactive ketones (excluding diaryl/α,β-unsaturated/α-hetero) is 4. The molecule has 0 bridgehead atoms. The molecular formula is C56H93N5O17S. The maximum Gasteiger partial charge on any atom is 0.306 e. The van der Waals surface area contributed by atoms with Gasteiger partial charge in [0, 0.05) is 51.6 Å². The van der Waals surface area contributed by atoms with Crippen LogP contribution in [0.3, 0.4) is 0 Å². The molecule has 0 aliphatic rings. The van der Waals surface area contributed by atoms with Crippen molar-refractivity contribution in [2.24, 2.45) is 23.5 Å². The number of hydrogen-bond donors (Lipinski definition) is 9. The highest BCUT2D eigenvalue weighted by Gasteiger charge is 2.25. The molecule has 22 nitrogen and oxygen atoms in total. The highest BCUT2D eigenvalue weighted by Crippen LogP contribution is 2.18. The highest BCUT2D eigenvalue weighted by molar-refractivity contribution is 7.85. The molecule has 10 N–H and O–H groups in total. The fourth-order valence-corrected chi connectivity index (χ4v) is 9.24. The van der Waals surface area contributed by atoms with Gasteiger partial charge in [-0.1, -0.05) is 96.6 Å². The zero-order valence-electron chi connectivity index (χ0n) is 46.8. The fraction of sp³-hybridized carbons (Fsp3) is 0.732. The number of carboxylic acids is 2. The van der Waals surface area contributed by atoms with Gasteiger partial charge in [-0.2, -0.15) is 8.42 Å². The van der Waals surface area contributed by atoms with E-state index in [1.807, 2.05) is 13.8 Å². The Morgan fingerprint density at radius 1 is 0.557 bits per heavy atom.